The van der Waals surface area contributed by atoms with E-state index < -0.39 is 6.41 Å². The lowest BCUT2D eigenvalue weighted by Crippen LogP contribution is -2.41. The zero-order chi connectivity index (χ0) is 19.7. The predicted octanol–water partition coefficient (Wildman–Crippen LogP) is 3.71. The summed E-state index contributed by atoms with van der Waals surface area (Å²) in [6.45, 7) is 6.73. The number of para-hydroxylation sites is 2. The van der Waals surface area contributed by atoms with Crippen molar-refractivity contribution in [2.45, 2.75) is 39.1 Å². The molecule has 0 bridgehead atoms. The number of rotatable bonds is 4. The minimum absolute atomic E-state index is 0.173. The van der Waals surface area contributed by atoms with E-state index >= 15 is 0 Å². The largest absolute Gasteiger partial charge is 0.433 e. The summed E-state index contributed by atoms with van der Waals surface area (Å²) < 4.78 is 13.0. The Labute approximate surface area is 164 Å². The minimum Gasteiger partial charge on any atom is -0.433 e. The van der Waals surface area contributed by atoms with Gasteiger partial charge < -0.3 is 9.47 Å². The minimum atomic E-state index is -0.858. The lowest BCUT2D eigenvalue weighted by Gasteiger charge is -2.14. The van der Waals surface area contributed by atoms with Crippen LogP contribution in [0.2, 0.25) is 0 Å². The number of nitrogens with one attached hydrogen (secondary N) is 1. The molecular formula is C22H23N3O3. The molecule has 1 aliphatic heterocycles. The third kappa shape index (κ3) is 3.71. The van der Waals surface area contributed by atoms with Crippen LogP contribution in [0.5, 0.6) is 11.5 Å². The van der Waals surface area contributed by atoms with Gasteiger partial charge in [-0.3, -0.25) is 14.8 Å². The van der Waals surface area contributed by atoms with Gasteiger partial charge in [-0.25, -0.2) is 0 Å². The first-order chi connectivity index (χ1) is 13.4. The Hall–Kier alpha value is -3.28. The Morgan fingerprint density at radius 1 is 1.04 bits per heavy atom. The highest BCUT2D eigenvalue weighted by atomic mass is 16.7. The third-order valence-electron chi connectivity index (χ3n) is 4.52. The van der Waals surface area contributed by atoms with Crippen molar-refractivity contribution in [3.8, 4) is 11.5 Å². The van der Waals surface area contributed by atoms with E-state index in [2.05, 4.69) is 31.2 Å². The average molecular weight is 377 g/mol. The number of hydrogen-bond donors (Lipinski definition) is 1. The Morgan fingerprint density at radius 2 is 1.64 bits per heavy atom. The summed E-state index contributed by atoms with van der Waals surface area (Å²) in [6, 6.07) is 19.1. The van der Waals surface area contributed by atoms with Gasteiger partial charge in [0.1, 0.15) is 5.69 Å². The number of aromatic nitrogens is 2. The lowest BCUT2D eigenvalue weighted by atomic mass is 9.92. The topological polar surface area (TPSA) is 65.4 Å². The number of carbonyl (C=O) groups excluding carboxylic acids is 1. The molecule has 2 heterocycles. The number of amides is 1. The fraction of sp³-hybridized carbons (Fsp3) is 0.273. The Bertz CT molecular complexity index is 965. The second kappa shape index (κ2) is 7.03. The molecule has 1 N–H and O–H groups in total. The molecule has 6 heteroatoms. The van der Waals surface area contributed by atoms with Crippen LogP contribution in [0.3, 0.4) is 0 Å². The van der Waals surface area contributed by atoms with E-state index in [0.29, 0.717) is 23.7 Å². The molecule has 1 aromatic heterocycles. The van der Waals surface area contributed by atoms with Gasteiger partial charge in [0.25, 0.3) is 5.91 Å². The van der Waals surface area contributed by atoms with Crippen LogP contribution < -0.4 is 14.8 Å². The van der Waals surface area contributed by atoms with Crippen molar-refractivity contribution in [3.63, 3.8) is 0 Å². The molecule has 0 saturated heterocycles. The van der Waals surface area contributed by atoms with Crippen LogP contribution in [0.15, 0.2) is 60.7 Å². The monoisotopic (exact) mass is 377 g/mol. The SMILES string of the molecule is CC(C)(C)c1cc(C(=O)NC2Oc3ccccc3O2)n(Cc2ccccc2)n1. The molecule has 0 fully saturated rings. The van der Waals surface area contributed by atoms with Crippen molar-refractivity contribution in [3.05, 3.63) is 77.6 Å². The maximum Gasteiger partial charge on any atom is 0.327 e. The normalized spacial score (nSPS) is 13.5. The number of benzene rings is 2. The van der Waals surface area contributed by atoms with Gasteiger partial charge in [-0.15, -0.1) is 0 Å². The summed E-state index contributed by atoms with van der Waals surface area (Å²) in [5.74, 6) is 0.929. The summed E-state index contributed by atoms with van der Waals surface area (Å²) in [4.78, 5) is 13.0. The summed E-state index contributed by atoms with van der Waals surface area (Å²) in [6.07, 6.45) is -0.858. The molecule has 0 atom stereocenters. The van der Waals surface area contributed by atoms with E-state index in [1.165, 1.54) is 0 Å². The standard InChI is InChI=1S/C22H23N3O3/c1-22(2,3)19-13-16(25(24-19)14-15-9-5-4-6-10-15)20(26)23-21-27-17-11-7-8-12-18(17)28-21/h4-13,21H,14H2,1-3H3,(H,23,26). The van der Waals surface area contributed by atoms with Gasteiger partial charge in [-0.1, -0.05) is 63.2 Å². The quantitative estimate of drug-likeness (QED) is 0.753. The van der Waals surface area contributed by atoms with Gasteiger partial charge in [0, 0.05) is 5.41 Å². The van der Waals surface area contributed by atoms with E-state index in [9.17, 15) is 4.79 Å². The van der Waals surface area contributed by atoms with Gasteiger partial charge in [0.2, 0.25) is 0 Å². The van der Waals surface area contributed by atoms with Crippen molar-refractivity contribution < 1.29 is 14.3 Å². The van der Waals surface area contributed by atoms with Crippen LogP contribution in [0.25, 0.3) is 0 Å². The first kappa shape index (κ1) is 18.1. The first-order valence-electron chi connectivity index (χ1n) is 9.25. The number of hydrogen-bond acceptors (Lipinski definition) is 4. The third-order valence-corrected chi connectivity index (χ3v) is 4.52. The molecule has 28 heavy (non-hydrogen) atoms. The molecular weight excluding hydrogens is 354 g/mol. The average Bonchev–Trinajstić information content (AvgIpc) is 3.26. The van der Waals surface area contributed by atoms with Crippen molar-refractivity contribution in [2.75, 3.05) is 0 Å². The molecule has 1 amide bonds. The zero-order valence-electron chi connectivity index (χ0n) is 16.2. The van der Waals surface area contributed by atoms with E-state index in [-0.39, 0.29) is 11.3 Å². The molecule has 1 aliphatic rings. The van der Waals surface area contributed by atoms with Crippen LogP contribution in [0, 0.1) is 0 Å². The van der Waals surface area contributed by atoms with E-state index in [1.807, 2.05) is 48.5 Å². The van der Waals surface area contributed by atoms with Crippen LogP contribution >= 0.6 is 0 Å². The first-order valence-corrected chi connectivity index (χ1v) is 9.25. The van der Waals surface area contributed by atoms with Gasteiger partial charge >= 0.3 is 6.41 Å². The second-order valence-corrected chi connectivity index (χ2v) is 7.80. The smallest absolute Gasteiger partial charge is 0.327 e. The van der Waals surface area contributed by atoms with Crippen molar-refractivity contribution >= 4 is 5.91 Å². The van der Waals surface area contributed by atoms with Gasteiger partial charge in [-0.2, -0.15) is 5.10 Å². The molecule has 3 aromatic rings. The van der Waals surface area contributed by atoms with Gasteiger partial charge in [0.05, 0.1) is 12.2 Å². The van der Waals surface area contributed by atoms with Gasteiger partial charge in [-0.05, 0) is 23.8 Å². The van der Waals surface area contributed by atoms with E-state index in [1.54, 1.807) is 16.8 Å². The van der Waals surface area contributed by atoms with Crippen LogP contribution in [-0.4, -0.2) is 22.1 Å². The number of fused-ring (bicyclic) bond motifs is 1. The van der Waals surface area contributed by atoms with Crippen molar-refractivity contribution in [2.24, 2.45) is 0 Å². The summed E-state index contributed by atoms with van der Waals surface area (Å²) in [5, 5.41) is 7.47. The second-order valence-electron chi connectivity index (χ2n) is 7.80. The van der Waals surface area contributed by atoms with E-state index in [4.69, 9.17) is 9.47 Å². The van der Waals surface area contributed by atoms with Crippen LogP contribution in [-0.2, 0) is 12.0 Å². The molecule has 0 saturated carbocycles. The highest BCUT2D eigenvalue weighted by molar-refractivity contribution is 5.93. The van der Waals surface area contributed by atoms with Crippen molar-refractivity contribution in [1.82, 2.24) is 15.1 Å². The Kier molecular flexibility index (Phi) is 4.55. The number of ether oxygens (including phenoxy) is 2. The maximum absolute atomic E-state index is 13.0. The molecule has 0 unspecified atom stereocenters. The van der Waals surface area contributed by atoms with E-state index in [0.717, 1.165) is 11.3 Å². The molecule has 0 radical (unpaired) electrons. The Morgan fingerprint density at radius 3 is 2.25 bits per heavy atom. The zero-order valence-corrected chi connectivity index (χ0v) is 16.2. The lowest BCUT2D eigenvalue weighted by molar-refractivity contribution is 0.0180. The van der Waals surface area contributed by atoms with Crippen LogP contribution in [0.4, 0.5) is 0 Å². The molecule has 0 spiro atoms. The highest BCUT2D eigenvalue weighted by Crippen LogP contribution is 2.33. The summed E-state index contributed by atoms with van der Waals surface area (Å²) >= 11 is 0. The molecule has 0 aliphatic carbocycles. The molecule has 144 valence electrons. The molecule has 4 rings (SSSR count). The number of nitrogens with zero attached hydrogens (tertiary/aromatic N) is 2. The highest BCUT2D eigenvalue weighted by Gasteiger charge is 2.28. The maximum atomic E-state index is 13.0. The summed E-state index contributed by atoms with van der Waals surface area (Å²) in [5.41, 5.74) is 2.22. The van der Waals surface area contributed by atoms with Crippen LogP contribution in [0.1, 0.15) is 42.5 Å². The van der Waals surface area contributed by atoms with Gasteiger partial charge in [0.15, 0.2) is 11.5 Å². The number of carbonyl (C=O) groups is 1. The fourth-order valence-electron chi connectivity index (χ4n) is 2.98. The predicted molar refractivity (Wildman–Crippen MR) is 105 cm³/mol. The molecule has 6 nitrogen and oxygen atoms in total. The fourth-order valence-corrected chi connectivity index (χ4v) is 2.98. The molecule has 2 aromatic carbocycles. The summed E-state index contributed by atoms with van der Waals surface area (Å²) in [7, 11) is 0. The Balaban J connectivity index is 1.57. The van der Waals surface area contributed by atoms with Crippen molar-refractivity contribution in [1.29, 1.82) is 0 Å².